The number of alkyl halides is 2. The maximum atomic E-state index is 13.1. The molecule has 1 aromatic carbocycles. The number of carbonyl (C=O) groups is 2. The van der Waals surface area contributed by atoms with Crippen molar-refractivity contribution in [1.82, 2.24) is 9.78 Å². The van der Waals surface area contributed by atoms with Crippen molar-refractivity contribution in [3.8, 4) is 0 Å². The van der Waals surface area contributed by atoms with E-state index < -0.39 is 29.4 Å². The topological polar surface area (TPSA) is 84.2 Å². The molecule has 6 nitrogen and oxygen atoms in total. The number of amides is 1. The summed E-state index contributed by atoms with van der Waals surface area (Å²) in [5.41, 5.74) is -0.0247. The van der Waals surface area contributed by atoms with E-state index in [4.69, 9.17) is 0 Å². The molecule has 0 saturated carbocycles. The van der Waals surface area contributed by atoms with Crippen LogP contribution in [0.2, 0.25) is 0 Å². The number of hydrogen-bond donors (Lipinski definition) is 2. The SMILES string of the molecule is CC1CC(C)(C(=O)O)c2cccc(NC(=O)c3cn(C)nc3C(F)F)c21. The van der Waals surface area contributed by atoms with E-state index in [0.717, 1.165) is 10.2 Å². The number of nitrogens with one attached hydrogen (secondary N) is 1. The summed E-state index contributed by atoms with van der Waals surface area (Å²) >= 11 is 0. The molecule has 138 valence electrons. The smallest absolute Gasteiger partial charge is 0.313 e. The van der Waals surface area contributed by atoms with Gasteiger partial charge in [0.1, 0.15) is 5.69 Å². The van der Waals surface area contributed by atoms with Crippen LogP contribution in [0.25, 0.3) is 0 Å². The van der Waals surface area contributed by atoms with E-state index in [2.05, 4.69) is 10.4 Å². The summed E-state index contributed by atoms with van der Waals surface area (Å²) in [5, 5.41) is 15.9. The van der Waals surface area contributed by atoms with E-state index in [-0.39, 0.29) is 11.5 Å². The summed E-state index contributed by atoms with van der Waals surface area (Å²) in [5.74, 6) is -1.72. The minimum atomic E-state index is -2.87. The molecule has 0 radical (unpaired) electrons. The van der Waals surface area contributed by atoms with Crippen LogP contribution >= 0.6 is 0 Å². The van der Waals surface area contributed by atoms with Crippen molar-refractivity contribution >= 4 is 17.6 Å². The molecule has 3 rings (SSSR count). The monoisotopic (exact) mass is 363 g/mol. The van der Waals surface area contributed by atoms with Crippen LogP contribution in [-0.4, -0.2) is 26.8 Å². The highest BCUT2D eigenvalue weighted by Gasteiger charge is 2.45. The van der Waals surface area contributed by atoms with Gasteiger partial charge >= 0.3 is 5.97 Å². The van der Waals surface area contributed by atoms with E-state index >= 15 is 0 Å². The van der Waals surface area contributed by atoms with Gasteiger partial charge in [-0.1, -0.05) is 19.1 Å². The average molecular weight is 363 g/mol. The molecule has 2 aromatic rings. The number of nitrogens with zero attached hydrogens (tertiary/aromatic N) is 2. The second-order valence-electron chi connectivity index (χ2n) is 6.87. The van der Waals surface area contributed by atoms with E-state index in [1.807, 2.05) is 6.92 Å². The molecule has 2 atom stereocenters. The summed E-state index contributed by atoms with van der Waals surface area (Å²) < 4.78 is 27.3. The van der Waals surface area contributed by atoms with Gasteiger partial charge in [0, 0.05) is 18.9 Å². The third-order valence-electron chi connectivity index (χ3n) is 4.94. The first-order valence-electron chi connectivity index (χ1n) is 8.15. The molecule has 0 spiro atoms. The summed E-state index contributed by atoms with van der Waals surface area (Å²) in [6.45, 7) is 3.54. The van der Waals surface area contributed by atoms with Crippen molar-refractivity contribution in [2.45, 2.75) is 38.0 Å². The Labute approximate surface area is 148 Å². The van der Waals surface area contributed by atoms with Gasteiger partial charge in [0.25, 0.3) is 12.3 Å². The second kappa shape index (κ2) is 6.19. The molecule has 0 aliphatic heterocycles. The molecule has 8 heteroatoms. The lowest BCUT2D eigenvalue weighted by Crippen LogP contribution is -2.29. The lowest BCUT2D eigenvalue weighted by Gasteiger charge is -2.20. The van der Waals surface area contributed by atoms with Gasteiger partial charge in [-0.2, -0.15) is 5.10 Å². The van der Waals surface area contributed by atoms with Gasteiger partial charge in [0.15, 0.2) is 0 Å². The zero-order valence-electron chi connectivity index (χ0n) is 14.6. The standard InChI is InChI=1S/C18H19F2N3O3/c1-9-7-18(2,17(25)26)11-5-4-6-12(13(9)11)21-16(24)10-8-23(3)22-14(10)15(19)20/h4-6,8-9,15H,7H2,1-3H3,(H,21,24)(H,25,26). The summed E-state index contributed by atoms with van der Waals surface area (Å²) in [4.78, 5) is 24.3. The number of rotatable bonds is 4. The Hall–Kier alpha value is -2.77. The fourth-order valence-corrected chi connectivity index (χ4v) is 3.74. The lowest BCUT2D eigenvalue weighted by molar-refractivity contribution is -0.143. The number of carbonyl (C=O) groups excluding carboxylic acids is 1. The number of aryl methyl sites for hydroxylation is 1. The zero-order valence-corrected chi connectivity index (χ0v) is 14.6. The molecule has 1 heterocycles. The summed E-state index contributed by atoms with van der Waals surface area (Å²) in [6, 6.07) is 5.04. The van der Waals surface area contributed by atoms with Crippen LogP contribution in [0.3, 0.4) is 0 Å². The van der Waals surface area contributed by atoms with Gasteiger partial charge in [-0.3, -0.25) is 14.3 Å². The van der Waals surface area contributed by atoms with E-state index in [1.54, 1.807) is 25.1 Å². The van der Waals surface area contributed by atoms with Crippen molar-refractivity contribution in [3.05, 3.63) is 46.8 Å². The third-order valence-corrected chi connectivity index (χ3v) is 4.94. The van der Waals surface area contributed by atoms with Crippen LogP contribution in [0.4, 0.5) is 14.5 Å². The fraction of sp³-hybridized carbons (Fsp3) is 0.389. The van der Waals surface area contributed by atoms with E-state index in [1.165, 1.54) is 13.2 Å². The van der Waals surface area contributed by atoms with Gasteiger partial charge in [0.05, 0.1) is 11.0 Å². The number of halogens is 2. The number of carboxylic acids is 1. The van der Waals surface area contributed by atoms with Crippen LogP contribution in [0.15, 0.2) is 24.4 Å². The molecule has 2 N–H and O–H groups in total. The maximum Gasteiger partial charge on any atom is 0.313 e. The Morgan fingerprint density at radius 2 is 2.12 bits per heavy atom. The average Bonchev–Trinajstić information content (AvgIpc) is 3.07. The Kier molecular flexibility index (Phi) is 4.29. The molecule has 1 aliphatic rings. The Morgan fingerprint density at radius 3 is 2.73 bits per heavy atom. The fourth-order valence-electron chi connectivity index (χ4n) is 3.74. The van der Waals surface area contributed by atoms with Crippen LogP contribution in [0.5, 0.6) is 0 Å². The van der Waals surface area contributed by atoms with Crippen LogP contribution in [-0.2, 0) is 17.3 Å². The summed E-state index contributed by atoms with van der Waals surface area (Å²) in [7, 11) is 1.46. The first-order valence-corrected chi connectivity index (χ1v) is 8.15. The summed E-state index contributed by atoms with van der Waals surface area (Å²) in [6.07, 6.45) is -1.22. The number of carboxylic acid groups (broad SMARTS) is 1. The number of aromatic nitrogens is 2. The molecular weight excluding hydrogens is 344 g/mol. The highest BCUT2D eigenvalue weighted by Crippen LogP contribution is 2.49. The highest BCUT2D eigenvalue weighted by molar-refractivity contribution is 6.05. The number of hydrogen-bond acceptors (Lipinski definition) is 3. The normalized spacial score (nSPS) is 21.7. The van der Waals surface area contributed by atoms with Gasteiger partial charge in [-0.15, -0.1) is 0 Å². The zero-order chi connectivity index (χ0) is 19.2. The minimum absolute atomic E-state index is 0.0916. The number of fused-ring (bicyclic) bond motifs is 1. The molecule has 1 aromatic heterocycles. The Balaban J connectivity index is 2.00. The molecule has 1 amide bonds. The number of aliphatic carboxylic acids is 1. The first-order chi connectivity index (χ1) is 12.1. The lowest BCUT2D eigenvalue weighted by atomic mass is 9.84. The molecule has 0 bridgehead atoms. The van der Waals surface area contributed by atoms with Gasteiger partial charge in [-0.05, 0) is 36.5 Å². The van der Waals surface area contributed by atoms with Gasteiger partial charge < -0.3 is 10.4 Å². The largest absolute Gasteiger partial charge is 0.481 e. The molecular formula is C18H19F2N3O3. The number of benzene rings is 1. The third kappa shape index (κ3) is 2.75. The van der Waals surface area contributed by atoms with E-state index in [0.29, 0.717) is 17.7 Å². The molecule has 26 heavy (non-hydrogen) atoms. The second-order valence-corrected chi connectivity index (χ2v) is 6.87. The molecule has 1 aliphatic carbocycles. The number of anilines is 1. The predicted molar refractivity (Wildman–Crippen MR) is 90.6 cm³/mol. The molecule has 0 saturated heterocycles. The van der Waals surface area contributed by atoms with E-state index in [9.17, 15) is 23.5 Å². The van der Waals surface area contributed by atoms with Crippen molar-refractivity contribution < 1.29 is 23.5 Å². The Morgan fingerprint density at radius 1 is 1.42 bits per heavy atom. The van der Waals surface area contributed by atoms with Gasteiger partial charge in [0.2, 0.25) is 0 Å². The molecule has 0 fully saturated rings. The van der Waals surface area contributed by atoms with Crippen molar-refractivity contribution in [2.24, 2.45) is 7.05 Å². The first kappa shape index (κ1) is 18.0. The highest BCUT2D eigenvalue weighted by atomic mass is 19.3. The minimum Gasteiger partial charge on any atom is -0.481 e. The predicted octanol–water partition coefficient (Wildman–Crippen LogP) is 3.46. The maximum absolute atomic E-state index is 13.1. The van der Waals surface area contributed by atoms with Crippen molar-refractivity contribution in [1.29, 1.82) is 0 Å². The van der Waals surface area contributed by atoms with Crippen LogP contribution in [0.1, 0.15) is 59.8 Å². The van der Waals surface area contributed by atoms with Crippen LogP contribution < -0.4 is 5.32 Å². The Bertz CT molecular complexity index is 894. The molecule has 2 unspecified atom stereocenters. The van der Waals surface area contributed by atoms with Crippen molar-refractivity contribution in [2.75, 3.05) is 5.32 Å². The quantitative estimate of drug-likeness (QED) is 0.871. The van der Waals surface area contributed by atoms with Crippen molar-refractivity contribution in [3.63, 3.8) is 0 Å². The van der Waals surface area contributed by atoms with Crippen LogP contribution in [0, 0.1) is 0 Å². The van der Waals surface area contributed by atoms with Gasteiger partial charge in [-0.25, -0.2) is 8.78 Å².